The minimum atomic E-state index is 0.384. The minimum absolute atomic E-state index is 0.384. The summed E-state index contributed by atoms with van der Waals surface area (Å²) in [5.41, 5.74) is 0.384. The van der Waals surface area contributed by atoms with Gasteiger partial charge in [0.2, 0.25) is 0 Å². The van der Waals surface area contributed by atoms with Crippen molar-refractivity contribution in [3.8, 4) is 6.07 Å². The van der Waals surface area contributed by atoms with E-state index in [0.29, 0.717) is 11.5 Å². The Kier molecular flexibility index (Phi) is 4.95. The first-order chi connectivity index (χ1) is 8.90. The molecule has 1 saturated carbocycles. The smallest absolute Gasteiger partial charge is 0.182 e. The zero-order valence-electron chi connectivity index (χ0n) is 10.7. The third-order valence-corrected chi connectivity index (χ3v) is 3.61. The van der Waals surface area contributed by atoms with Crippen LogP contribution in [0, 0.1) is 17.2 Å². The molecule has 0 amide bonds. The molecule has 96 valence electrons. The summed E-state index contributed by atoms with van der Waals surface area (Å²) < 4.78 is 0. The van der Waals surface area contributed by atoms with Crippen molar-refractivity contribution in [2.75, 3.05) is 11.9 Å². The van der Waals surface area contributed by atoms with Gasteiger partial charge in [0.25, 0.3) is 0 Å². The molecule has 1 N–H and O–H groups in total. The van der Waals surface area contributed by atoms with Gasteiger partial charge in [0.1, 0.15) is 6.07 Å². The number of rotatable bonds is 5. The SMILES string of the molecule is N#Cc1nccnc1NCCCC1CCCCC1. The fourth-order valence-corrected chi connectivity index (χ4v) is 2.62. The lowest BCUT2D eigenvalue weighted by Crippen LogP contribution is -2.10. The predicted octanol–water partition coefficient (Wildman–Crippen LogP) is 3.12. The number of nitrogens with one attached hydrogen (secondary N) is 1. The van der Waals surface area contributed by atoms with Crippen LogP contribution in [-0.2, 0) is 0 Å². The fourth-order valence-electron chi connectivity index (χ4n) is 2.62. The maximum Gasteiger partial charge on any atom is 0.182 e. The summed E-state index contributed by atoms with van der Waals surface area (Å²) in [4.78, 5) is 8.12. The fraction of sp³-hybridized carbons (Fsp3) is 0.643. The summed E-state index contributed by atoms with van der Waals surface area (Å²) in [6.07, 6.45) is 12.6. The van der Waals surface area contributed by atoms with Crippen LogP contribution in [0.1, 0.15) is 50.6 Å². The lowest BCUT2D eigenvalue weighted by molar-refractivity contribution is 0.335. The number of nitrogens with zero attached hydrogens (tertiary/aromatic N) is 3. The molecule has 0 aliphatic heterocycles. The van der Waals surface area contributed by atoms with E-state index in [1.54, 1.807) is 12.4 Å². The lowest BCUT2D eigenvalue weighted by atomic mass is 9.86. The van der Waals surface area contributed by atoms with Crippen LogP contribution in [0.25, 0.3) is 0 Å². The van der Waals surface area contributed by atoms with Gasteiger partial charge >= 0.3 is 0 Å². The Balaban J connectivity index is 1.70. The molecule has 4 heteroatoms. The summed E-state index contributed by atoms with van der Waals surface area (Å²) >= 11 is 0. The molecule has 18 heavy (non-hydrogen) atoms. The van der Waals surface area contributed by atoms with Crippen molar-refractivity contribution >= 4 is 5.82 Å². The Morgan fingerprint density at radius 2 is 2.00 bits per heavy atom. The van der Waals surface area contributed by atoms with Crippen molar-refractivity contribution in [1.82, 2.24) is 9.97 Å². The van der Waals surface area contributed by atoms with Crippen molar-refractivity contribution in [3.63, 3.8) is 0 Å². The van der Waals surface area contributed by atoms with Crippen molar-refractivity contribution in [3.05, 3.63) is 18.1 Å². The van der Waals surface area contributed by atoms with Gasteiger partial charge in [-0.1, -0.05) is 32.1 Å². The van der Waals surface area contributed by atoms with Gasteiger partial charge in [-0.15, -0.1) is 0 Å². The molecule has 2 rings (SSSR count). The zero-order valence-corrected chi connectivity index (χ0v) is 10.7. The number of nitriles is 1. The van der Waals surface area contributed by atoms with Crippen LogP contribution in [0.15, 0.2) is 12.4 Å². The second-order valence-electron chi connectivity index (χ2n) is 4.94. The van der Waals surface area contributed by atoms with Gasteiger partial charge in [-0.05, 0) is 18.8 Å². The van der Waals surface area contributed by atoms with Crippen molar-refractivity contribution in [2.24, 2.45) is 5.92 Å². The molecular weight excluding hydrogens is 224 g/mol. The third kappa shape index (κ3) is 3.69. The molecular formula is C14H20N4. The van der Waals surface area contributed by atoms with Crippen LogP contribution < -0.4 is 5.32 Å². The molecule has 1 aliphatic rings. The highest BCUT2D eigenvalue weighted by Crippen LogP contribution is 2.27. The molecule has 0 saturated heterocycles. The van der Waals surface area contributed by atoms with E-state index < -0.39 is 0 Å². The average Bonchev–Trinajstić information content (AvgIpc) is 2.45. The molecule has 1 fully saturated rings. The largest absolute Gasteiger partial charge is 0.368 e. The lowest BCUT2D eigenvalue weighted by Gasteiger charge is -2.21. The molecule has 0 atom stereocenters. The van der Waals surface area contributed by atoms with Crippen LogP contribution >= 0.6 is 0 Å². The zero-order chi connectivity index (χ0) is 12.6. The standard InChI is InChI=1S/C14H20N4/c15-11-13-14(18-10-9-16-13)17-8-4-7-12-5-2-1-3-6-12/h9-10,12H,1-8H2,(H,17,18). The Hall–Kier alpha value is -1.63. The van der Waals surface area contributed by atoms with Crippen LogP contribution in [0.4, 0.5) is 5.82 Å². The Morgan fingerprint density at radius 3 is 2.78 bits per heavy atom. The summed E-state index contributed by atoms with van der Waals surface area (Å²) in [6.45, 7) is 0.879. The maximum atomic E-state index is 8.89. The number of aromatic nitrogens is 2. The van der Waals surface area contributed by atoms with E-state index in [-0.39, 0.29) is 0 Å². The van der Waals surface area contributed by atoms with E-state index in [1.807, 2.05) is 6.07 Å². The van der Waals surface area contributed by atoms with E-state index >= 15 is 0 Å². The highest BCUT2D eigenvalue weighted by atomic mass is 15.0. The van der Waals surface area contributed by atoms with Crippen molar-refractivity contribution in [2.45, 2.75) is 44.9 Å². The minimum Gasteiger partial charge on any atom is -0.368 e. The Bertz CT molecular complexity index is 405. The van der Waals surface area contributed by atoms with Crippen LogP contribution in [-0.4, -0.2) is 16.5 Å². The monoisotopic (exact) mass is 244 g/mol. The van der Waals surface area contributed by atoms with Gasteiger partial charge in [-0.25, -0.2) is 9.97 Å². The summed E-state index contributed by atoms with van der Waals surface area (Å²) in [5.74, 6) is 1.53. The van der Waals surface area contributed by atoms with E-state index in [0.717, 1.165) is 18.9 Å². The van der Waals surface area contributed by atoms with Gasteiger partial charge in [0, 0.05) is 18.9 Å². The van der Waals surface area contributed by atoms with Crippen molar-refractivity contribution in [1.29, 1.82) is 5.26 Å². The van der Waals surface area contributed by atoms with E-state index in [1.165, 1.54) is 38.5 Å². The Morgan fingerprint density at radius 1 is 1.22 bits per heavy atom. The van der Waals surface area contributed by atoms with Gasteiger partial charge in [-0.2, -0.15) is 5.26 Å². The predicted molar refractivity (Wildman–Crippen MR) is 71.0 cm³/mol. The number of hydrogen-bond donors (Lipinski definition) is 1. The molecule has 1 heterocycles. The molecule has 0 spiro atoms. The van der Waals surface area contributed by atoms with Gasteiger partial charge in [0.15, 0.2) is 11.5 Å². The normalized spacial score (nSPS) is 16.2. The number of hydrogen-bond acceptors (Lipinski definition) is 4. The van der Waals surface area contributed by atoms with E-state index in [4.69, 9.17) is 5.26 Å². The van der Waals surface area contributed by atoms with Crippen LogP contribution in [0.2, 0.25) is 0 Å². The second kappa shape index (κ2) is 6.95. The molecule has 0 aromatic carbocycles. The van der Waals surface area contributed by atoms with Gasteiger partial charge in [-0.3, -0.25) is 0 Å². The van der Waals surface area contributed by atoms with Gasteiger partial charge in [0.05, 0.1) is 0 Å². The molecule has 4 nitrogen and oxygen atoms in total. The summed E-state index contributed by atoms with van der Waals surface area (Å²) in [6, 6.07) is 2.05. The van der Waals surface area contributed by atoms with Gasteiger partial charge < -0.3 is 5.32 Å². The quantitative estimate of drug-likeness (QED) is 0.808. The Labute approximate surface area is 108 Å². The molecule has 0 unspecified atom stereocenters. The van der Waals surface area contributed by atoms with E-state index in [9.17, 15) is 0 Å². The summed E-state index contributed by atoms with van der Waals surface area (Å²) in [7, 11) is 0. The third-order valence-electron chi connectivity index (χ3n) is 3.61. The second-order valence-corrected chi connectivity index (χ2v) is 4.94. The first-order valence-electron chi connectivity index (χ1n) is 6.85. The molecule has 0 radical (unpaired) electrons. The van der Waals surface area contributed by atoms with Crippen molar-refractivity contribution < 1.29 is 0 Å². The first kappa shape index (κ1) is 12.8. The van der Waals surface area contributed by atoms with Crippen LogP contribution in [0.5, 0.6) is 0 Å². The molecule has 0 bridgehead atoms. The van der Waals surface area contributed by atoms with E-state index in [2.05, 4.69) is 15.3 Å². The molecule has 1 aromatic rings. The topological polar surface area (TPSA) is 61.6 Å². The molecule has 1 aromatic heterocycles. The summed E-state index contributed by atoms with van der Waals surface area (Å²) in [5, 5.41) is 12.1. The average molecular weight is 244 g/mol. The number of anilines is 1. The first-order valence-corrected chi connectivity index (χ1v) is 6.85. The highest BCUT2D eigenvalue weighted by molar-refractivity contribution is 5.46. The molecule has 1 aliphatic carbocycles. The maximum absolute atomic E-state index is 8.89. The highest BCUT2D eigenvalue weighted by Gasteiger charge is 2.12. The van der Waals surface area contributed by atoms with Crippen LogP contribution in [0.3, 0.4) is 0 Å².